The smallest absolute Gasteiger partial charge is 0.322 e. The van der Waals surface area contributed by atoms with Crippen LogP contribution in [-0.4, -0.2) is 39.6 Å². The largest absolute Gasteiger partial charge is 0.493 e. The first-order valence-corrected chi connectivity index (χ1v) is 7.47. The van der Waals surface area contributed by atoms with E-state index in [4.69, 9.17) is 13.9 Å². The number of aromatic nitrogens is 4. The summed E-state index contributed by atoms with van der Waals surface area (Å²) in [6.07, 6.45) is 0. The fraction of sp³-hybridized carbons (Fsp3) is 0.250. The van der Waals surface area contributed by atoms with Crippen molar-refractivity contribution in [3.8, 4) is 23.1 Å². The SMILES string of the molecule is COc1ccccc1OCC(=O)Nc1nnc(-c2cc(C)nn2C)o1. The molecule has 0 fully saturated rings. The zero-order valence-electron chi connectivity index (χ0n) is 14.0. The predicted molar refractivity (Wildman–Crippen MR) is 88.4 cm³/mol. The van der Waals surface area contributed by atoms with Gasteiger partial charge < -0.3 is 13.9 Å². The summed E-state index contributed by atoms with van der Waals surface area (Å²) in [4.78, 5) is 12.0. The van der Waals surface area contributed by atoms with Gasteiger partial charge >= 0.3 is 6.01 Å². The number of amides is 1. The van der Waals surface area contributed by atoms with Crippen LogP contribution in [0.5, 0.6) is 11.5 Å². The number of nitrogens with zero attached hydrogens (tertiary/aromatic N) is 4. The third kappa shape index (κ3) is 3.77. The number of rotatable bonds is 6. The molecule has 25 heavy (non-hydrogen) atoms. The molecule has 0 radical (unpaired) electrons. The van der Waals surface area contributed by atoms with Crippen LogP contribution in [0.2, 0.25) is 0 Å². The highest BCUT2D eigenvalue weighted by Gasteiger charge is 2.15. The van der Waals surface area contributed by atoms with Gasteiger partial charge in [0.2, 0.25) is 0 Å². The number of anilines is 1. The van der Waals surface area contributed by atoms with Gasteiger partial charge in [-0.15, -0.1) is 5.10 Å². The van der Waals surface area contributed by atoms with Crippen molar-refractivity contribution >= 4 is 11.9 Å². The first kappa shape index (κ1) is 16.5. The first-order valence-electron chi connectivity index (χ1n) is 7.47. The Hall–Kier alpha value is -3.36. The number of ether oxygens (including phenoxy) is 2. The Morgan fingerprint density at radius 2 is 2.04 bits per heavy atom. The monoisotopic (exact) mass is 343 g/mol. The molecule has 9 heteroatoms. The highest BCUT2D eigenvalue weighted by molar-refractivity contribution is 5.89. The molecule has 0 unspecified atom stereocenters. The minimum absolute atomic E-state index is 0.0116. The minimum atomic E-state index is -0.428. The summed E-state index contributed by atoms with van der Waals surface area (Å²) in [6, 6.07) is 8.85. The molecule has 0 aliphatic rings. The molecular weight excluding hydrogens is 326 g/mol. The van der Waals surface area contributed by atoms with Crippen molar-refractivity contribution in [1.82, 2.24) is 20.0 Å². The van der Waals surface area contributed by atoms with Gasteiger partial charge in [-0.1, -0.05) is 17.2 Å². The van der Waals surface area contributed by atoms with Crippen molar-refractivity contribution in [3.63, 3.8) is 0 Å². The Kier molecular flexibility index (Phi) is 4.64. The molecule has 1 amide bonds. The number of benzene rings is 1. The lowest BCUT2D eigenvalue weighted by atomic mass is 10.3. The number of hydrogen-bond donors (Lipinski definition) is 1. The molecule has 0 aliphatic heterocycles. The summed E-state index contributed by atoms with van der Waals surface area (Å²) in [5.74, 6) is 0.852. The van der Waals surface area contributed by atoms with Crippen LogP contribution in [0.3, 0.4) is 0 Å². The lowest BCUT2D eigenvalue weighted by Crippen LogP contribution is -2.20. The zero-order valence-corrected chi connectivity index (χ0v) is 14.0. The number of carbonyl (C=O) groups excluding carboxylic acids is 1. The first-order chi connectivity index (χ1) is 12.1. The Bertz CT molecular complexity index is 886. The van der Waals surface area contributed by atoms with E-state index in [0.29, 0.717) is 17.2 Å². The molecule has 0 aliphatic carbocycles. The molecule has 9 nitrogen and oxygen atoms in total. The Labute approximate surface area is 143 Å². The van der Waals surface area contributed by atoms with Gasteiger partial charge in [-0.2, -0.15) is 5.10 Å². The molecule has 1 aromatic carbocycles. The van der Waals surface area contributed by atoms with E-state index in [0.717, 1.165) is 5.69 Å². The second-order valence-corrected chi connectivity index (χ2v) is 5.19. The number of carbonyl (C=O) groups is 1. The quantitative estimate of drug-likeness (QED) is 0.727. The summed E-state index contributed by atoms with van der Waals surface area (Å²) in [7, 11) is 3.30. The predicted octanol–water partition coefficient (Wildman–Crippen LogP) is 1.80. The van der Waals surface area contributed by atoms with Gasteiger partial charge in [0.15, 0.2) is 18.1 Å². The summed E-state index contributed by atoms with van der Waals surface area (Å²) < 4.78 is 17.7. The summed E-state index contributed by atoms with van der Waals surface area (Å²) >= 11 is 0. The Morgan fingerprint density at radius 1 is 1.28 bits per heavy atom. The van der Waals surface area contributed by atoms with E-state index in [9.17, 15) is 4.79 Å². The lowest BCUT2D eigenvalue weighted by molar-refractivity contribution is -0.118. The van der Waals surface area contributed by atoms with Gasteiger partial charge in [-0.25, -0.2) is 0 Å². The average Bonchev–Trinajstić information content (AvgIpc) is 3.19. The van der Waals surface area contributed by atoms with E-state index in [-0.39, 0.29) is 18.5 Å². The summed E-state index contributed by atoms with van der Waals surface area (Å²) in [5, 5.41) is 14.4. The van der Waals surface area contributed by atoms with E-state index in [2.05, 4.69) is 20.6 Å². The second-order valence-electron chi connectivity index (χ2n) is 5.19. The van der Waals surface area contributed by atoms with Gasteiger partial charge in [0.25, 0.3) is 11.8 Å². The molecule has 130 valence electrons. The molecule has 2 aromatic heterocycles. The van der Waals surface area contributed by atoms with Crippen molar-refractivity contribution in [1.29, 1.82) is 0 Å². The standard InChI is InChI=1S/C16H17N5O4/c1-10-8-11(21(2)20-10)15-18-19-16(25-15)17-14(22)9-24-13-7-5-4-6-12(13)23-3/h4-8H,9H2,1-3H3,(H,17,19,22). The third-order valence-electron chi connectivity index (χ3n) is 3.32. The lowest BCUT2D eigenvalue weighted by Gasteiger charge is -2.09. The number of methoxy groups -OCH3 is 1. The van der Waals surface area contributed by atoms with E-state index in [1.165, 1.54) is 7.11 Å². The van der Waals surface area contributed by atoms with E-state index in [1.807, 2.05) is 19.1 Å². The van der Waals surface area contributed by atoms with Gasteiger partial charge in [0.05, 0.1) is 12.8 Å². The van der Waals surface area contributed by atoms with Crippen molar-refractivity contribution in [3.05, 3.63) is 36.0 Å². The van der Waals surface area contributed by atoms with Crippen molar-refractivity contribution in [2.45, 2.75) is 6.92 Å². The third-order valence-corrected chi connectivity index (χ3v) is 3.32. The highest BCUT2D eigenvalue weighted by atomic mass is 16.5. The zero-order chi connectivity index (χ0) is 17.8. The Morgan fingerprint density at radius 3 is 2.72 bits per heavy atom. The van der Waals surface area contributed by atoms with Crippen LogP contribution in [0, 0.1) is 6.92 Å². The Balaban J connectivity index is 1.61. The number of aryl methyl sites for hydroxylation is 2. The molecule has 2 heterocycles. The molecule has 0 saturated carbocycles. The maximum atomic E-state index is 12.0. The molecule has 3 aromatic rings. The van der Waals surface area contributed by atoms with Crippen LogP contribution < -0.4 is 14.8 Å². The average molecular weight is 343 g/mol. The molecule has 0 saturated heterocycles. The van der Waals surface area contributed by atoms with Crippen LogP contribution in [0.4, 0.5) is 6.01 Å². The fourth-order valence-corrected chi connectivity index (χ4v) is 2.22. The molecule has 3 rings (SSSR count). The van der Waals surface area contributed by atoms with Crippen LogP contribution >= 0.6 is 0 Å². The van der Waals surface area contributed by atoms with E-state index in [1.54, 1.807) is 29.9 Å². The maximum Gasteiger partial charge on any atom is 0.322 e. The normalized spacial score (nSPS) is 10.5. The van der Waals surface area contributed by atoms with Gasteiger partial charge in [0.1, 0.15) is 5.69 Å². The van der Waals surface area contributed by atoms with Gasteiger partial charge in [-0.3, -0.25) is 14.8 Å². The molecule has 0 atom stereocenters. The van der Waals surface area contributed by atoms with E-state index < -0.39 is 5.91 Å². The number of para-hydroxylation sites is 2. The van der Waals surface area contributed by atoms with Crippen LogP contribution in [0.25, 0.3) is 11.6 Å². The van der Waals surface area contributed by atoms with Crippen LogP contribution in [0.1, 0.15) is 5.69 Å². The number of hydrogen-bond acceptors (Lipinski definition) is 7. The highest BCUT2D eigenvalue weighted by Crippen LogP contribution is 2.25. The van der Waals surface area contributed by atoms with Crippen molar-refractivity contribution < 1.29 is 18.7 Å². The molecule has 1 N–H and O–H groups in total. The number of nitrogens with one attached hydrogen (secondary N) is 1. The molecule has 0 bridgehead atoms. The van der Waals surface area contributed by atoms with Crippen molar-refractivity contribution in [2.24, 2.45) is 7.05 Å². The van der Waals surface area contributed by atoms with Gasteiger partial charge in [0, 0.05) is 7.05 Å². The van der Waals surface area contributed by atoms with Crippen LogP contribution in [-0.2, 0) is 11.8 Å². The van der Waals surface area contributed by atoms with Crippen LogP contribution in [0.15, 0.2) is 34.7 Å². The maximum absolute atomic E-state index is 12.0. The fourth-order valence-electron chi connectivity index (χ4n) is 2.22. The molecule has 0 spiro atoms. The summed E-state index contributed by atoms with van der Waals surface area (Å²) in [6.45, 7) is 1.64. The molecular formula is C16H17N5O4. The van der Waals surface area contributed by atoms with E-state index >= 15 is 0 Å². The van der Waals surface area contributed by atoms with Crippen molar-refractivity contribution in [2.75, 3.05) is 19.0 Å². The second kappa shape index (κ2) is 7.04. The van der Waals surface area contributed by atoms with Gasteiger partial charge in [-0.05, 0) is 25.1 Å². The minimum Gasteiger partial charge on any atom is -0.493 e. The topological polar surface area (TPSA) is 104 Å². The summed E-state index contributed by atoms with van der Waals surface area (Å²) in [5.41, 5.74) is 1.49.